The van der Waals surface area contributed by atoms with Crippen molar-refractivity contribution in [3.8, 4) is 6.07 Å². The largest absolute Gasteiger partial charge is 0.335 e. The van der Waals surface area contributed by atoms with Gasteiger partial charge < -0.3 is 10.2 Å². The molecule has 0 aromatic carbocycles. The summed E-state index contributed by atoms with van der Waals surface area (Å²) in [7, 11) is 1.64. The van der Waals surface area contributed by atoms with Gasteiger partial charge in [-0.2, -0.15) is 5.26 Å². The molecule has 1 N–H and O–H groups in total. The number of hydrogen-bond acceptors (Lipinski definition) is 3. The van der Waals surface area contributed by atoms with Gasteiger partial charge in [0.15, 0.2) is 0 Å². The quantitative estimate of drug-likeness (QED) is 0.515. The lowest BCUT2D eigenvalue weighted by molar-refractivity contribution is -0.146. The maximum absolute atomic E-state index is 11.5. The van der Waals surface area contributed by atoms with Crippen LogP contribution in [-0.4, -0.2) is 36.3 Å². The summed E-state index contributed by atoms with van der Waals surface area (Å²) in [6, 6.07) is 1.94. The van der Waals surface area contributed by atoms with Crippen LogP contribution in [0.4, 0.5) is 0 Å². The monoisotopic (exact) mass is 209 g/mol. The Morgan fingerprint density at radius 2 is 2.07 bits per heavy atom. The Kier molecular flexibility index (Phi) is 4.10. The summed E-state index contributed by atoms with van der Waals surface area (Å²) in [5.74, 6) is -1.23. The fourth-order valence-electron chi connectivity index (χ4n) is 1.81. The van der Waals surface area contributed by atoms with Gasteiger partial charge in [-0.3, -0.25) is 9.59 Å². The van der Waals surface area contributed by atoms with E-state index in [1.807, 2.05) is 0 Å². The van der Waals surface area contributed by atoms with E-state index < -0.39 is 11.8 Å². The van der Waals surface area contributed by atoms with Crippen LogP contribution < -0.4 is 5.32 Å². The topological polar surface area (TPSA) is 73.2 Å². The molecule has 1 aliphatic carbocycles. The van der Waals surface area contributed by atoms with Gasteiger partial charge in [0.2, 0.25) is 0 Å². The van der Waals surface area contributed by atoms with Crippen molar-refractivity contribution in [2.24, 2.45) is 0 Å². The molecule has 5 heteroatoms. The summed E-state index contributed by atoms with van der Waals surface area (Å²) in [4.78, 5) is 24.3. The van der Waals surface area contributed by atoms with Crippen LogP contribution >= 0.6 is 0 Å². The predicted octanol–water partition coefficient (Wildman–Crippen LogP) is 0.0272. The molecule has 0 saturated heterocycles. The molecule has 0 bridgehead atoms. The van der Waals surface area contributed by atoms with Gasteiger partial charge in [0.05, 0.1) is 6.07 Å². The Balaban J connectivity index is 2.44. The highest BCUT2D eigenvalue weighted by molar-refractivity contribution is 6.35. The molecule has 0 radical (unpaired) electrons. The van der Waals surface area contributed by atoms with Crippen LogP contribution in [-0.2, 0) is 9.59 Å². The van der Waals surface area contributed by atoms with Gasteiger partial charge in [-0.25, -0.2) is 0 Å². The lowest BCUT2D eigenvalue weighted by Gasteiger charge is -2.23. The highest BCUT2D eigenvalue weighted by Gasteiger charge is 2.27. The van der Waals surface area contributed by atoms with E-state index in [-0.39, 0.29) is 12.6 Å². The first-order valence-electron chi connectivity index (χ1n) is 5.08. The number of nitrogens with zero attached hydrogens (tertiary/aromatic N) is 2. The lowest BCUT2D eigenvalue weighted by atomic mass is 10.2. The molecule has 0 atom stereocenters. The number of hydrogen-bond donors (Lipinski definition) is 1. The van der Waals surface area contributed by atoms with Crippen LogP contribution in [0.3, 0.4) is 0 Å². The summed E-state index contributed by atoms with van der Waals surface area (Å²) in [5, 5.41) is 10.5. The summed E-state index contributed by atoms with van der Waals surface area (Å²) in [6.07, 6.45) is 4.16. The van der Waals surface area contributed by atoms with Crippen LogP contribution in [0.5, 0.6) is 0 Å². The minimum atomic E-state index is -0.689. The van der Waals surface area contributed by atoms with Gasteiger partial charge >= 0.3 is 11.8 Å². The molecule has 1 fully saturated rings. The van der Waals surface area contributed by atoms with Crippen molar-refractivity contribution >= 4 is 11.8 Å². The van der Waals surface area contributed by atoms with Crippen molar-refractivity contribution in [2.75, 3.05) is 13.6 Å². The van der Waals surface area contributed by atoms with Gasteiger partial charge in [0.25, 0.3) is 0 Å². The van der Waals surface area contributed by atoms with E-state index in [1.165, 1.54) is 4.90 Å². The first kappa shape index (κ1) is 11.5. The number of amides is 2. The minimum Gasteiger partial charge on any atom is -0.335 e. The van der Waals surface area contributed by atoms with E-state index in [2.05, 4.69) is 5.32 Å². The molecule has 1 rings (SSSR count). The molecule has 82 valence electrons. The Hall–Kier alpha value is -1.57. The van der Waals surface area contributed by atoms with Crippen LogP contribution in [0.1, 0.15) is 25.7 Å². The summed E-state index contributed by atoms with van der Waals surface area (Å²) >= 11 is 0. The minimum absolute atomic E-state index is 0.122. The molecule has 0 spiro atoms. The van der Waals surface area contributed by atoms with E-state index in [0.717, 1.165) is 25.7 Å². The van der Waals surface area contributed by atoms with Crippen LogP contribution in [0, 0.1) is 11.3 Å². The first-order valence-corrected chi connectivity index (χ1v) is 5.08. The third kappa shape index (κ3) is 2.94. The highest BCUT2D eigenvalue weighted by atomic mass is 16.2. The van der Waals surface area contributed by atoms with Crippen LogP contribution in [0.2, 0.25) is 0 Å². The molecule has 0 heterocycles. The van der Waals surface area contributed by atoms with Gasteiger partial charge in [-0.05, 0) is 12.8 Å². The Morgan fingerprint density at radius 3 is 2.60 bits per heavy atom. The second-order valence-electron chi connectivity index (χ2n) is 3.70. The zero-order valence-corrected chi connectivity index (χ0v) is 8.82. The molecule has 0 aromatic rings. The Bertz CT molecular complexity index is 290. The van der Waals surface area contributed by atoms with Crippen molar-refractivity contribution < 1.29 is 9.59 Å². The number of nitrogens with one attached hydrogen (secondary N) is 1. The highest BCUT2D eigenvalue weighted by Crippen LogP contribution is 2.22. The molecule has 1 aliphatic rings. The fraction of sp³-hybridized carbons (Fsp3) is 0.700. The molecule has 15 heavy (non-hydrogen) atoms. The van der Waals surface area contributed by atoms with Crippen molar-refractivity contribution in [1.82, 2.24) is 10.2 Å². The number of nitriles is 1. The maximum Gasteiger partial charge on any atom is 0.311 e. The lowest BCUT2D eigenvalue weighted by Crippen LogP contribution is -2.45. The molecule has 2 amide bonds. The van der Waals surface area contributed by atoms with Crippen molar-refractivity contribution in [1.29, 1.82) is 5.26 Å². The van der Waals surface area contributed by atoms with Gasteiger partial charge in [-0.15, -0.1) is 0 Å². The number of carbonyl (C=O) groups is 2. The maximum atomic E-state index is 11.5. The molecule has 0 aliphatic heterocycles. The summed E-state index contributed by atoms with van der Waals surface area (Å²) < 4.78 is 0. The average molecular weight is 209 g/mol. The molecule has 0 aromatic heterocycles. The molecular formula is C10H15N3O2. The number of rotatable bonds is 2. The first-order chi connectivity index (χ1) is 7.16. The third-order valence-corrected chi connectivity index (χ3v) is 2.72. The standard InChI is InChI=1S/C10H15N3O2/c1-13(8-4-2-3-5-8)10(15)9(14)12-7-6-11/h8H,2-5,7H2,1H3,(H,12,14). The van der Waals surface area contributed by atoms with E-state index in [4.69, 9.17) is 5.26 Å². The predicted molar refractivity (Wildman–Crippen MR) is 53.6 cm³/mol. The van der Waals surface area contributed by atoms with Crippen LogP contribution in [0.15, 0.2) is 0 Å². The van der Waals surface area contributed by atoms with E-state index in [0.29, 0.717) is 0 Å². The zero-order valence-electron chi connectivity index (χ0n) is 8.82. The second-order valence-corrected chi connectivity index (χ2v) is 3.70. The fourth-order valence-corrected chi connectivity index (χ4v) is 1.81. The third-order valence-electron chi connectivity index (χ3n) is 2.72. The average Bonchev–Trinajstić information content (AvgIpc) is 2.77. The molecule has 0 unspecified atom stereocenters. The van der Waals surface area contributed by atoms with E-state index >= 15 is 0 Å². The molecule has 5 nitrogen and oxygen atoms in total. The van der Waals surface area contributed by atoms with E-state index in [1.54, 1.807) is 13.1 Å². The molecular weight excluding hydrogens is 194 g/mol. The van der Waals surface area contributed by atoms with Gasteiger partial charge in [0, 0.05) is 13.1 Å². The number of likely N-dealkylation sites (N-methyl/N-ethyl adjacent to an activating group) is 1. The second kappa shape index (κ2) is 5.35. The smallest absolute Gasteiger partial charge is 0.311 e. The van der Waals surface area contributed by atoms with Gasteiger partial charge in [0.1, 0.15) is 6.54 Å². The summed E-state index contributed by atoms with van der Waals surface area (Å²) in [6.45, 7) is -0.122. The molecule has 1 saturated carbocycles. The van der Waals surface area contributed by atoms with Crippen molar-refractivity contribution in [3.05, 3.63) is 0 Å². The number of carbonyl (C=O) groups excluding carboxylic acids is 2. The normalized spacial score (nSPS) is 15.7. The van der Waals surface area contributed by atoms with Crippen molar-refractivity contribution in [3.63, 3.8) is 0 Å². The van der Waals surface area contributed by atoms with Crippen LogP contribution in [0.25, 0.3) is 0 Å². The zero-order chi connectivity index (χ0) is 11.3. The summed E-state index contributed by atoms with van der Waals surface area (Å²) in [5.41, 5.74) is 0. The van der Waals surface area contributed by atoms with Crippen molar-refractivity contribution in [2.45, 2.75) is 31.7 Å². The SMILES string of the molecule is CN(C(=O)C(=O)NCC#N)C1CCCC1. The van der Waals surface area contributed by atoms with E-state index in [9.17, 15) is 9.59 Å². The Labute approximate surface area is 89.0 Å². The van der Waals surface area contributed by atoms with Gasteiger partial charge in [-0.1, -0.05) is 12.8 Å². The Morgan fingerprint density at radius 1 is 1.47 bits per heavy atom.